The summed E-state index contributed by atoms with van der Waals surface area (Å²) in [7, 11) is 1.59. The van der Waals surface area contributed by atoms with Crippen LogP contribution < -0.4 is 40.2 Å². The summed E-state index contributed by atoms with van der Waals surface area (Å²) in [6, 6.07) is 15.7. The van der Waals surface area contributed by atoms with E-state index in [1.165, 1.54) is 6.07 Å². The average Bonchev–Trinajstić information content (AvgIpc) is 3.12. The maximum Gasteiger partial charge on any atom is 0.255 e. The molecule has 0 saturated heterocycles. The Morgan fingerprint density at radius 1 is 0.961 bits per heavy atom. The quantitative estimate of drug-likeness (QED) is 0.232. The van der Waals surface area contributed by atoms with Crippen LogP contribution in [0.25, 0.3) is 0 Å². The first-order valence-corrected chi connectivity index (χ1v) is 17.6. The maximum atomic E-state index is 13.6. The highest BCUT2D eigenvalue weighted by Gasteiger charge is 2.26. The molecule has 0 radical (unpaired) electrons. The zero-order valence-electron chi connectivity index (χ0n) is 29.5. The van der Waals surface area contributed by atoms with E-state index in [4.69, 9.17) is 30.5 Å². The second-order valence-electron chi connectivity index (χ2n) is 12.3. The molecule has 13 heteroatoms. The molecule has 3 aromatic carbocycles. The Balaban J connectivity index is 1.49. The highest BCUT2D eigenvalue weighted by molar-refractivity contribution is 6.31. The molecule has 0 bridgehead atoms. The number of para-hydroxylation sites is 1. The normalized spacial score (nSPS) is 17.4. The van der Waals surface area contributed by atoms with Crippen LogP contribution in [0.4, 0.5) is 0 Å². The number of aryl methyl sites for hydroxylation is 1. The fourth-order valence-corrected chi connectivity index (χ4v) is 5.59. The van der Waals surface area contributed by atoms with E-state index in [9.17, 15) is 19.2 Å². The van der Waals surface area contributed by atoms with E-state index in [-0.39, 0.29) is 61.3 Å². The van der Waals surface area contributed by atoms with Gasteiger partial charge in [-0.3, -0.25) is 19.2 Å². The summed E-state index contributed by atoms with van der Waals surface area (Å²) in [5, 5.41) is 11.9. The molecule has 4 N–H and O–H groups in total. The number of benzene rings is 3. The highest BCUT2D eigenvalue weighted by Crippen LogP contribution is 2.28. The van der Waals surface area contributed by atoms with E-state index in [1.54, 1.807) is 43.5 Å². The standard InChI is InChI=1S/C38H47ClN4O8/c1-5-49-33-15-12-25(21-34(33)48-4)9-8-18-40-38(47)29-14-17-35(44)42-30(24(2)3)23-51-32-16-13-26(39)22-28(32)36(45)41-19-20-50-31-11-7-6-10-27(31)37(46)43-29/h6-7,10-13,15-16,21-22,24,29-30H,5,8-9,14,17-20,23H2,1-4H3,(H,40,47)(H,41,45)(H,42,44)(H,43,46)/t29-,30-/m0/s1. The molecule has 4 rings (SSSR count). The van der Waals surface area contributed by atoms with Crippen LogP contribution in [-0.2, 0) is 16.0 Å². The molecule has 0 fully saturated rings. The minimum Gasteiger partial charge on any atom is -0.493 e. The van der Waals surface area contributed by atoms with E-state index in [2.05, 4.69) is 21.3 Å². The van der Waals surface area contributed by atoms with Crippen molar-refractivity contribution in [2.75, 3.05) is 40.0 Å². The Morgan fingerprint density at radius 2 is 1.75 bits per heavy atom. The molecular formula is C38H47ClN4O8. The van der Waals surface area contributed by atoms with Crippen LogP contribution in [0.15, 0.2) is 60.7 Å². The number of methoxy groups -OCH3 is 1. The summed E-state index contributed by atoms with van der Waals surface area (Å²) in [5.74, 6) is 0.198. The summed E-state index contributed by atoms with van der Waals surface area (Å²) in [6.45, 7) is 6.93. The van der Waals surface area contributed by atoms with Crippen molar-refractivity contribution in [3.63, 3.8) is 0 Å². The van der Waals surface area contributed by atoms with Gasteiger partial charge in [0.25, 0.3) is 11.8 Å². The maximum absolute atomic E-state index is 13.6. The zero-order valence-corrected chi connectivity index (χ0v) is 30.3. The molecule has 0 saturated carbocycles. The number of hydrogen-bond acceptors (Lipinski definition) is 8. The largest absolute Gasteiger partial charge is 0.493 e. The Labute approximate surface area is 303 Å². The van der Waals surface area contributed by atoms with Crippen molar-refractivity contribution in [1.82, 2.24) is 21.3 Å². The van der Waals surface area contributed by atoms with Crippen molar-refractivity contribution in [3.05, 3.63) is 82.4 Å². The molecule has 4 amide bonds. The van der Waals surface area contributed by atoms with Crippen LogP contribution in [0, 0.1) is 5.92 Å². The monoisotopic (exact) mass is 722 g/mol. The van der Waals surface area contributed by atoms with Crippen LogP contribution in [0.2, 0.25) is 5.02 Å². The number of hydrogen-bond donors (Lipinski definition) is 4. The first-order chi connectivity index (χ1) is 24.6. The van der Waals surface area contributed by atoms with Crippen molar-refractivity contribution >= 4 is 35.2 Å². The molecule has 274 valence electrons. The van der Waals surface area contributed by atoms with Crippen molar-refractivity contribution < 1.29 is 38.1 Å². The van der Waals surface area contributed by atoms with Gasteiger partial charge in [0.05, 0.1) is 37.4 Å². The van der Waals surface area contributed by atoms with Gasteiger partial charge in [-0.2, -0.15) is 0 Å². The minimum atomic E-state index is -1.01. The lowest BCUT2D eigenvalue weighted by Gasteiger charge is -2.24. The molecule has 3 aromatic rings. The number of carbonyl (C=O) groups is 4. The minimum absolute atomic E-state index is 0.0181. The van der Waals surface area contributed by atoms with Crippen molar-refractivity contribution in [3.8, 4) is 23.0 Å². The van der Waals surface area contributed by atoms with Crippen LogP contribution in [0.5, 0.6) is 23.0 Å². The van der Waals surface area contributed by atoms with Gasteiger partial charge in [0.2, 0.25) is 11.8 Å². The lowest BCUT2D eigenvalue weighted by Crippen LogP contribution is -2.48. The van der Waals surface area contributed by atoms with Gasteiger partial charge in [-0.1, -0.05) is 43.6 Å². The molecule has 1 aliphatic rings. The molecular weight excluding hydrogens is 676 g/mol. The molecule has 0 unspecified atom stereocenters. The van der Waals surface area contributed by atoms with Crippen LogP contribution >= 0.6 is 11.6 Å². The van der Waals surface area contributed by atoms with Gasteiger partial charge in [0.15, 0.2) is 11.5 Å². The van der Waals surface area contributed by atoms with E-state index < -0.39 is 29.8 Å². The zero-order chi connectivity index (χ0) is 36.8. The number of halogens is 1. The SMILES string of the molecule is CCOc1ccc(CCCNC(=O)[C@@H]2CCC(=O)N[C@H](C(C)C)COc3ccc(Cl)cc3C(=O)NCCOc3ccccc3C(=O)N2)cc1OC. The molecule has 1 heterocycles. The molecule has 0 aromatic heterocycles. The van der Waals surface area contributed by atoms with Gasteiger partial charge in [-0.15, -0.1) is 0 Å². The van der Waals surface area contributed by atoms with Gasteiger partial charge in [-0.25, -0.2) is 0 Å². The Kier molecular flexibility index (Phi) is 14.8. The summed E-state index contributed by atoms with van der Waals surface area (Å²) >= 11 is 6.20. The van der Waals surface area contributed by atoms with Gasteiger partial charge < -0.3 is 40.2 Å². The lowest BCUT2D eigenvalue weighted by atomic mass is 10.0. The van der Waals surface area contributed by atoms with Crippen LogP contribution in [0.1, 0.15) is 66.3 Å². The first-order valence-electron chi connectivity index (χ1n) is 17.2. The fraction of sp³-hybridized carbons (Fsp3) is 0.421. The van der Waals surface area contributed by atoms with Gasteiger partial charge in [0, 0.05) is 18.0 Å². The van der Waals surface area contributed by atoms with Crippen molar-refractivity contribution in [2.24, 2.45) is 5.92 Å². The third-order valence-corrected chi connectivity index (χ3v) is 8.52. The Hall–Kier alpha value is -4.97. The van der Waals surface area contributed by atoms with Gasteiger partial charge in [0.1, 0.15) is 30.8 Å². The Morgan fingerprint density at radius 3 is 2.51 bits per heavy atom. The van der Waals surface area contributed by atoms with E-state index >= 15 is 0 Å². The first kappa shape index (κ1) is 38.8. The van der Waals surface area contributed by atoms with Gasteiger partial charge in [-0.05, 0) is 80.1 Å². The third-order valence-electron chi connectivity index (χ3n) is 8.28. The van der Waals surface area contributed by atoms with Crippen LogP contribution in [-0.4, -0.2) is 75.7 Å². The number of rotatable bonds is 9. The molecule has 2 atom stereocenters. The summed E-state index contributed by atoms with van der Waals surface area (Å²) in [4.78, 5) is 53.4. The number of carbonyl (C=O) groups excluding carboxylic acids is 4. The molecule has 0 spiro atoms. The number of amides is 4. The summed E-state index contributed by atoms with van der Waals surface area (Å²) in [6.07, 6.45) is 1.31. The molecule has 0 aliphatic carbocycles. The smallest absolute Gasteiger partial charge is 0.255 e. The number of nitrogens with one attached hydrogen (secondary N) is 4. The fourth-order valence-electron chi connectivity index (χ4n) is 5.42. The van der Waals surface area contributed by atoms with Crippen molar-refractivity contribution in [1.29, 1.82) is 0 Å². The summed E-state index contributed by atoms with van der Waals surface area (Å²) < 4.78 is 23.0. The molecule has 1 aliphatic heterocycles. The molecule has 51 heavy (non-hydrogen) atoms. The van der Waals surface area contributed by atoms with E-state index in [1.807, 2.05) is 39.0 Å². The predicted molar refractivity (Wildman–Crippen MR) is 194 cm³/mol. The second kappa shape index (κ2) is 19.4. The highest BCUT2D eigenvalue weighted by atomic mass is 35.5. The van der Waals surface area contributed by atoms with Gasteiger partial charge >= 0.3 is 0 Å². The molecule has 12 nitrogen and oxygen atoms in total. The predicted octanol–water partition coefficient (Wildman–Crippen LogP) is 4.72. The van der Waals surface area contributed by atoms with Crippen LogP contribution in [0.3, 0.4) is 0 Å². The second-order valence-corrected chi connectivity index (χ2v) is 12.8. The topological polar surface area (TPSA) is 153 Å². The average molecular weight is 723 g/mol. The number of fused-ring (bicyclic) bond motifs is 2. The summed E-state index contributed by atoms with van der Waals surface area (Å²) in [5.41, 5.74) is 1.47. The number of ether oxygens (including phenoxy) is 4. The lowest BCUT2D eigenvalue weighted by molar-refractivity contribution is -0.124. The third kappa shape index (κ3) is 11.5. The van der Waals surface area contributed by atoms with E-state index in [0.717, 1.165) is 5.56 Å². The Bertz CT molecular complexity index is 1670. The van der Waals surface area contributed by atoms with Crippen molar-refractivity contribution in [2.45, 2.75) is 58.5 Å². The van der Waals surface area contributed by atoms with E-state index in [0.29, 0.717) is 48.3 Å².